The van der Waals surface area contributed by atoms with Gasteiger partial charge in [-0.25, -0.2) is 0 Å². The predicted molar refractivity (Wildman–Crippen MR) is 77.7 cm³/mol. The third kappa shape index (κ3) is 2.15. The number of carbonyl (C=O) groups excluding carboxylic acids is 1. The molecule has 1 aliphatic rings. The Balaban J connectivity index is 2.54. The summed E-state index contributed by atoms with van der Waals surface area (Å²) in [5.74, 6) is 0.699. The molecule has 0 spiro atoms. The van der Waals surface area contributed by atoms with Crippen LogP contribution in [0.3, 0.4) is 0 Å². The number of anilines is 2. The van der Waals surface area contributed by atoms with Crippen LogP contribution in [-0.2, 0) is 4.79 Å². The molecule has 0 aromatic heterocycles. The van der Waals surface area contributed by atoms with Crippen LogP contribution in [0.1, 0.15) is 34.6 Å². The highest BCUT2D eigenvalue weighted by Crippen LogP contribution is 2.43. The van der Waals surface area contributed by atoms with Gasteiger partial charge in [-0.2, -0.15) is 0 Å². The summed E-state index contributed by atoms with van der Waals surface area (Å²) < 4.78 is 5.59. The smallest absolute Gasteiger partial charge is 0.232 e. The number of amides is 1. The lowest BCUT2D eigenvalue weighted by atomic mass is 9.74. The molecular formula is C15H22N2O2. The SMILES string of the molecule is CCOc1cccc2c1NC(=O)C(C)(C)C(C)(C)N2. The van der Waals surface area contributed by atoms with Gasteiger partial charge in [-0.15, -0.1) is 0 Å². The number of rotatable bonds is 2. The Morgan fingerprint density at radius 3 is 2.53 bits per heavy atom. The Labute approximate surface area is 114 Å². The van der Waals surface area contributed by atoms with E-state index in [1.54, 1.807) is 0 Å². The minimum absolute atomic E-state index is 0.00379. The van der Waals surface area contributed by atoms with Crippen molar-refractivity contribution in [1.82, 2.24) is 0 Å². The molecule has 1 aromatic rings. The molecule has 0 unspecified atom stereocenters. The summed E-state index contributed by atoms with van der Waals surface area (Å²) in [5.41, 5.74) is 0.741. The van der Waals surface area contributed by atoms with E-state index in [9.17, 15) is 4.79 Å². The molecule has 0 bridgehead atoms. The van der Waals surface area contributed by atoms with E-state index in [4.69, 9.17) is 4.74 Å². The summed E-state index contributed by atoms with van der Waals surface area (Å²) in [7, 11) is 0. The summed E-state index contributed by atoms with van der Waals surface area (Å²) in [6.07, 6.45) is 0. The van der Waals surface area contributed by atoms with Gasteiger partial charge in [0.25, 0.3) is 0 Å². The van der Waals surface area contributed by atoms with Gasteiger partial charge in [0, 0.05) is 5.54 Å². The fourth-order valence-corrected chi connectivity index (χ4v) is 2.09. The average Bonchev–Trinajstić information content (AvgIpc) is 2.38. The second kappa shape index (κ2) is 4.44. The molecule has 2 N–H and O–H groups in total. The zero-order chi connectivity index (χ0) is 14.3. The molecule has 0 aliphatic carbocycles. The van der Waals surface area contributed by atoms with Crippen molar-refractivity contribution >= 4 is 17.3 Å². The molecule has 0 fully saturated rings. The van der Waals surface area contributed by atoms with E-state index in [-0.39, 0.29) is 11.4 Å². The van der Waals surface area contributed by atoms with Crippen LogP contribution in [0.4, 0.5) is 11.4 Å². The van der Waals surface area contributed by atoms with Crippen molar-refractivity contribution in [2.75, 3.05) is 17.2 Å². The highest BCUT2D eigenvalue weighted by Gasteiger charge is 2.45. The number of fused-ring (bicyclic) bond motifs is 1. The van der Waals surface area contributed by atoms with E-state index in [0.29, 0.717) is 12.4 Å². The Morgan fingerprint density at radius 2 is 1.89 bits per heavy atom. The standard InChI is InChI=1S/C15H22N2O2/c1-6-19-11-9-7-8-10-12(11)16-13(18)14(2,3)15(4,5)17-10/h7-9,17H,6H2,1-5H3,(H,16,18). The van der Waals surface area contributed by atoms with Crippen molar-refractivity contribution in [3.8, 4) is 5.75 Å². The van der Waals surface area contributed by atoms with Gasteiger partial charge in [0.15, 0.2) is 0 Å². The first-order valence-corrected chi connectivity index (χ1v) is 6.65. The zero-order valence-electron chi connectivity index (χ0n) is 12.3. The predicted octanol–water partition coefficient (Wildman–Crippen LogP) is 3.25. The molecule has 4 heteroatoms. The van der Waals surface area contributed by atoms with E-state index < -0.39 is 5.41 Å². The van der Waals surface area contributed by atoms with E-state index >= 15 is 0 Å². The van der Waals surface area contributed by atoms with Crippen molar-refractivity contribution in [3.63, 3.8) is 0 Å². The molecule has 104 valence electrons. The van der Waals surface area contributed by atoms with Gasteiger partial charge in [0.2, 0.25) is 5.91 Å². The van der Waals surface area contributed by atoms with E-state index in [0.717, 1.165) is 11.4 Å². The van der Waals surface area contributed by atoms with Gasteiger partial charge >= 0.3 is 0 Å². The molecule has 0 radical (unpaired) electrons. The summed E-state index contributed by atoms with van der Waals surface area (Å²) in [6.45, 7) is 10.5. The van der Waals surface area contributed by atoms with E-state index in [2.05, 4.69) is 10.6 Å². The van der Waals surface area contributed by atoms with Gasteiger partial charge in [-0.3, -0.25) is 4.79 Å². The fourth-order valence-electron chi connectivity index (χ4n) is 2.09. The van der Waals surface area contributed by atoms with Crippen LogP contribution in [0.5, 0.6) is 5.75 Å². The Hall–Kier alpha value is -1.71. The maximum atomic E-state index is 12.5. The lowest BCUT2D eigenvalue weighted by Crippen LogP contribution is -2.50. The zero-order valence-corrected chi connectivity index (χ0v) is 12.3. The quantitative estimate of drug-likeness (QED) is 0.860. The first-order valence-electron chi connectivity index (χ1n) is 6.65. The molecular weight excluding hydrogens is 240 g/mol. The molecule has 0 saturated heterocycles. The van der Waals surface area contributed by atoms with E-state index in [1.165, 1.54) is 0 Å². The van der Waals surface area contributed by atoms with Crippen LogP contribution >= 0.6 is 0 Å². The molecule has 4 nitrogen and oxygen atoms in total. The summed E-state index contributed by atoms with van der Waals surface area (Å²) >= 11 is 0. The molecule has 1 amide bonds. The number of ether oxygens (including phenoxy) is 1. The van der Waals surface area contributed by atoms with Crippen LogP contribution in [0.25, 0.3) is 0 Å². The number of hydrogen-bond donors (Lipinski definition) is 2. The van der Waals surface area contributed by atoms with Crippen LogP contribution in [0.15, 0.2) is 18.2 Å². The normalized spacial score (nSPS) is 19.7. The van der Waals surface area contributed by atoms with Crippen LogP contribution in [0.2, 0.25) is 0 Å². The summed E-state index contributed by atoms with van der Waals surface area (Å²) in [5, 5.41) is 6.45. The topological polar surface area (TPSA) is 50.4 Å². The third-order valence-electron chi connectivity index (χ3n) is 4.14. The minimum Gasteiger partial charge on any atom is -0.492 e. The average molecular weight is 262 g/mol. The van der Waals surface area contributed by atoms with Crippen LogP contribution in [-0.4, -0.2) is 18.1 Å². The van der Waals surface area contributed by atoms with Gasteiger partial charge in [-0.1, -0.05) is 6.07 Å². The molecule has 19 heavy (non-hydrogen) atoms. The molecule has 0 atom stereocenters. The first-order chi connectivity index (χ1) is 8.79. The van der Waals surface area contributed by atoms with Crippen molar-refractivity contribution in [1.29, 1.82) is 0 Å². The number of para-hydroxylation sites is 1. The Bertz CT molecular complexity index is 507. The second-order valence-electron chi connectivity index (χ2n) is 5.94. The molecule has 2 rings (SSSR count). The highest BCUT2D eigenvalue weighted by molar-refractivity contribution is 6.02. The maximum absolute atomic E-state index is 12.5. The molecule has 0 saturated carbocycles. The van der Waals surface area contributed by atoms with Gasteiger partial charge < -0.3 is 15.4 Å². The Kier molecular flexibility index (Phi) is 3.20. The third-order valence-corrected chi connectivity index (χ3v) is 4.14. The number of carbonyl (C=O) groups is 1. The van der Waals surface area contributed by atoms with Crippen molar-refractivity contribution in [2.45, 2.75) is 40.2 Å². The van der Waals surface area contributed by atoms with Gasteiger partial charge in [0.1, 0.15) is 11.4 Å². The largest absolute Gasteiger partial charge is 0.492 e. The minimum atomic E-state index is -0.532. The second-order valence-corrected chi connectivity index (χ2v) is 5.94. The van der Waals surface area contributed by atoms with Crippen LogP contribution in [0, 0.1) is 5.41 Å². The lowest BCUT2D eigenvalue weighted by molar-refractivity contribution is -0.126. The monoisotopic (exact) mass is 262 g/mol. The number of hydrogen-bond acceptors (Lipinski definition) is 3. The first kappa shape index (κ1) is 13.7. The lowest BCUT2D eigenvalue weighted by Gasteiger charge is -2.39. The summed E-state index contributed by atoms with van der Waals surface area (Å²) in [4.78, 5) is 12.5. The van der Waals surface area contributed by atoms with Crippen molar-refractivity contribution < 1.29 is 9.53 Å². The van der Waals surface area contributed by atoms with Gasteiger partial charge in [-0.05, 0) is 46.8 Å². The number of nitrogens with one attached hydrogen (secondary N) is 2. The van der Waals surface area contributed by atoms with Crippen molar-refractivity contribution in [2.24, 2.45) is 5.41 Å². The van der Waals surface area contributed by atoms with Crippen LogP contribution < -0.4 is 15.4 Å². The molecule has 1 aromatic carbocycles. The molecule has 1 aliphatic heterocycles. The highest BCUT2D eigenvalue weighted by atomic mass is 16.5. The Morgan fingerprint density at radius 1 is 1.21 bits per heavy atom. The van der Waals surface area contributed by atoms with E-state index in [1.807, 2.05) is 52.8 Å². The molecule has 1 heterocycles. The fraction of sp³-hybridized carbons (Fsp3) is 0.533. The number of benzene rings is 1. The van der Waals surface area contributed by atoms with Crippen molar-refractivity contribution in [3.05, 3.63) is 18.2 Å². The summed E-state index contributed by atoms with van der Waals surface area (Å²) in [6, 6.07) is 5.76. The maximum Gasteiger partial charge on any atom is 0.232 e. The van der Waals surface area contributed by atoms with Gasteiger partial charge in [0.05, 0.1) is 17.7 Å².